The first-order valence-corrected chi connectivity index (χ1v) is 5.32. The smallest absolute Gasteiger partial charge is 0.251 e. The number of rotatable bonds is 5. The first-order chi connectivity index (χ1) is 7.72. The minimum Gasteiger partial charge on any atom is -0.493 e. The van der Waals surface area contributed by atoms with E-state index in [0.29, 0.717) is 30.2 Å². The fraction of sp³-hybridized carbons (Fsp3) is 0.417. The zero-order valence-corrected chi connectivity index (χ0v) is 9.87. The molecule has 4 nitrogen and oxygen atoms in total. The summed E-state index contributed by atoms with van der Waals surface area (Å²) in [6.45, 7) is 4.95. The van der Waals surface area contributed by atoms with E-state index < -0.39 is 0 Å². The van der Waals surface area contributed by atoms with Crippen molar-refractivity contribution < 1.29 is 14.3 Å². The van der Waals surface area contributed by atoms with Crippen molar-refractivity contribution in [2.45, 2.75) is 13.8 Å². The molecule has 1 rings (SSSR count). The van der Waals surface area contributed by atoms with Crippen LogP contribution in [0.3, 0.4) is 0 Å². The van der Waals surface area contributed by atoms with Gasteiger partial charge in [0, 0.05) is 12.1 Å². The van der Waals surface area contributed by atoms with Gasteiger partial charge in [0.15, 0.2) is 11.5 Å². The molecule has 0 radical (unpaired) electrons. The number of benzene rings is 1. The minimum absolute atomic E-state index is 0.108. The number of amides is 1. The number of hydrogen-bond donors (Lipinski definition) is 1. The van der Waals surface area contributed by atoms with Gasteiger partial charge < -0.3 is 14.8 Å². The van der Waals surface area contributed by atoms with E-state index >= 15 is 0 Å². The molecule has 0 unspecified atom stereocenters. The number of ether oxygens (including phenoxy) is 2. The SMILES string of the molecule is CCNC(=O)c1ccc(OCC)c(OC)c1. The quantitative estimate of drug-likeness (QED) is 0.828. The highest BCUT2D eigenvalue weighted by Crippen LogP contribution is 2.27. The Balaban J connectivity index is 2.94. The van der Waals surface area contributed by atoms with Gasteiger partial charge in [-0.3, -0.25) is 4.79 Å². The normalized spacial score (nSPS) is 9.69. The predicted octanol–water partition coefficient (Wildman–Crippen LogP) is 1.84. The molecule has 4 heteroatoms. The van der Waals surface area contributed by atoms with E-state index in [1.807, 2.05) is 13.8 Å². The number of carbonyl (C=O) groups is 1. The summed E-state index contributed by atoms with van der Waals surface area (Å²) in [6.07, 6.45) is 0. The predicted molar refractivity (Wildman–Crippen MR) is 62.2 cm³/mol. The van der Waals surface area contributed by atoms with Crippen LogP contribution in [0.5, 0.6) is 11.5 Å². The second kappa shape index (κ2) is 6.00. The van der Waals surface area contributed by atoms with Crippen molar-refractivity contribution in [3.63, 3.8) is 0 Å². The van der Waals surface area contributed by atoms with E-state index in [1.165, 1.54) is 0 Å². The van der Waals surface area contributed by atoms with Crippen LogP contribution in [0.1, 0.15) is 24.2 Å². The van der Waals surface area contributed by atoms with Crippen molar-refractivity contribution in [1.29, 1.82) is 0 Å². The maximum atomic E-state index is 11.6. The Labute approximate surface area is 95.6 Å². The van der Waals surface area contributed by atoms with Gasteiger partial charge in [-0.2, -0.15) is 0 Å². The van der Waals surface area contributed by atoms with Crippen molar-refractivity contribution in [3.05, 3.63) is 23.8 Å². The minimum atomic E-state index is -0.108. The summed E-state index contributed by atoms with van der Waals surface area (Å²) in [5, 5.41) is 2.73. The molecule has 1 amide bonds. The Kier molecular flexibility index (Phi) is 4.64. The van der Waals surface area contributed by atoms with Gasteiger partial charge in [-0.25, -0.2) is 0 Å². The van der Waals surface area contributed by atoms with Crippen LogP contribution >= 0.6 is 0 Å². The third kappa shape index (κ3) is 2.89. The average Bonchev–Trinajstić information content (AvgIpc) is 2.30. The topological polar surface area (TPSA) is 47.6 Å². The number of methoxy groups -OCH3 is 1. The highest BCUT2D eigenvalue weighted by molar-refractivity contribution is 5.94. The zero-order chi connectivity index (χ0) is 12.0. The van der Waals surface area contributed by atoms with Crippen LogP contribution in [-0.4, -0.2) is 26.2 Å². The van der Waals surface area contributed by atoms with E-state index in [-0.39, 0.29) is 5.91 Å². The lowest BCUT2D eigenvalue weighted by Crippen LogP contribution is -2.22. The molecule has 0 aliphatic rings. The molecule has 0 atom stereocenters. The Morgan fingerprint density at radius 1 is 1.31 bits per heavy atom. The summed E-state index contributed by atoms with van der Waals surface area (Å²) in [6, 6.07) is 5.14. The third-order valence-corrected chi connectivity index (χ3v) is 2.06. The lowest BCUT2D eigenvalue weighted by Gasteiger charge is -2.10. The van der Waals surface area contributed by atoms with Crippen molar-refractivity contribution in [3.8, 4) is 11.5 Å². The fourth-order valence-electron chi connectivity index (χ4n) is 1.35. The van der Waals surface area contributed by atoms with Crippen LogP contribution in [0.25, 0.3) is 0 Å². The molecule has 16 heavy (non-hydrogen) atoms. The molecule has 0 aliphatic heterocycles. The molecule has 0 saturated heterocycles. The summed E-state index contributed by atoms with van der Waals surface area (Å²) in [7, 11) is 1.55. The van der Waals surface area contributed by atoms with Gasteiger partial charge in [-0.15, -0.1) is 0 Å². The van der Waals surface area contributed by atoms with Crippen LogP contribution < -0.4 is 14.8 Å². The number of carbonyl (C=O) groups excluding carboxylic acids is 1. The molecular formula is C12H17NO3. The summed E-state index contributed by atoms with van der Waals surface area (Å²) >= 11 is 0. The molecule has 1 N–H and O–H groups in total. The fourth-order valence-corrected chi connectivity index (χ4v) is 1.35. The Morgan fingerprint density at radius 2 is 2.06 bits per heavy atom. The van der Waals surface area contributed by atoms with E-state index in [4.69, 9.17) is 9.47 Å². The van der Waals surface area contributed by atoms with E-state index in [0.717, 1.165) is 0 Å². The average molecular weight is 223 g/mol. The van der Waals surface area contributed by atoms with Gasteiger partial charge in [-0.05, 0) is 32.0 Å². The van der Waals surface area contributed by atoms with E-state index in [2.05, 4.69) is 5.32 Å². The maximum absolute atomic E-state index is 11.6. The largest absolute Gasteiger partial charge is 0.493 e. The summed E-state index contributed by atoms with van der Waals surface area (Å²) < 4.78 is 10.5. The number of nitrogens with one attached hydrogen (secondary N) is 1. The molecule has 0 spiro atoms. The molecule has 0 heterocycles. The third-order valence-electron chi connectivity index (χ3n) is 2.06. The van der Waals surface area contributed by atoms with E-state index in [9.17, 15) is 4.79 Å². The first-order valence-electron chi connectivity index (χ1n) is 5.32. The van der Waals surface area contributed by atoms with Crippen LogP contribution in [0, 0.1) is 0 Å². The van der Waals surface area contributed by atoms with Gasteiger partial charge in [0.1, 0.15) is 0 Å². The Bertz CT molecular complexity index is 363. The van der Waals surface area contributed by atoms with Crippen LogP contribution in [0.2, 0.25) is 0 Å². The van der Waals surface area contributed by atoms with Gasteiger partial charge in [-0.1, -0.05) is 0 Å². The maximum Gasteiger partial charge on any atom is 0.251 e. The second-order valence-electron chi connectivity index (χ2n) is 3.16. The monoisotopic (exact) mass is 223 g/mol. The molecule has 0 bridgehead atoms. The summed E-state index contributed by atoms with van der Waals surface area (Å²) in [4.78, 5) is 11.6. The Morgan fingerprint density at radius 3 is 2.62 bits per heavy atom. The zero-order valence-electron chi connectivity index (χ0n) is 9.87. The Hall–Kier alpha value is -1.71. The molecular weight excluding hydrogens is 206 g/mol. The standard InChI is InChI=1S/C12H17NO3/c1-4-13-12(14)9-6-7-10(16-5-2)11(8-9)15-3/h6-8H,4-5H2,1-3H3,(H,13,14). The van der Waals surface area contributed by atoms with Crippen molar-refractivity contribution in [2.75, 3.05) is 20.3 Å². The van der Waals surface area contributed by atoms with Gasteiger partial charge in [0.2, 0.25) is 0 Å². The van der Waals surface area contributed by atoms with Gasteiger partial charge in [0.25, 0.3) is 5.91 Å². The molecule has 0 saturated carbocycles. The van der Waals surface area contributed by atoms with Gasteiger partial charge >= 0.3 is 0 Å². The number of hydrogen-bond acceptors (Lipinski definition) is 3. The molecule has 1 aromatic rings. The van der Waals surface area contributed by atoms with Crippen molar-refractivity contribution in [1.82, 2.24) is 5.32 Å². The molecule has 0 aliphatic carbocycles. The molecule has 0 fully saturated rings. The van der Waals surface area contributed by atoms with Crippen LogP contribution in [0.4, 0.5) is 0 Å². The highest BCUT2D eigenvalue weighted by atomic mass is 16.5. The van der Waals surface area contributed by atoms with Crippen LogP contribution in [-0.2, 0) is 0 Å². The lowest BCUT2D eigenvalue weighted by molar-refractivity contribution is 0.0955. The molecule has 1 aromatic carbocycles. The van der Waals surface area contributed by atoms with Crippen molar-refractivity contribution >= 4 is 5.91 Å². The second-order valence-corrected chi connectivity index (χ2v) is 3.16. The van der Waals surface area contributed by atoms with E-state index in [1.54, 1.807) is 25.3 Å². The molecule has 0 aromatic heterocycles. The summed E-state index contributed by atoms with van der Waals surface area (Å²) in [5.41, 5.74) is 0.571. The van der Waals surface area contributed by atoms with Crippen LogP contribution in [0.15, 0.2) is 18.2 Å². The van der Waals surface area contributed by atoms with Gasteiger partial charge in [0.05, 0.1) is 13.7 Å². The molecule has 88 valence electrons. The van der Waals surface area contributed by atoms with Crippen molar-refractivity contribution in [2.24, 2.45) is 0 Å². The highest BCUT2D eigenvalue weighted by Gasteiger charge is 2.09. The lowest BCUT2D eigenvalue weighted by atomic mass is 10.2. The first kappa shape index (κ1) is 12.4. The summed E-state index contributed by atoms with van der Waals surface area (Å²) in [5.74, 6) is 1.12.